The van der Waals surface area contributed by atoms with Crippen molar-refractivity contribution in [1.82, 2.24) is 4.98 Å². The van der Waals surface area contributed by atoms with Gasteiger partial charge in [0.05, 0.1) is 11.7 Å². The molecule has 0 spiro atoms. The number of hydrogen-bond acceptors (Lipinski definition) is 3. The zero-order valence-corrected chi connectivity index (χ0v) is 9.97. The van der Waals surface area contributed by atoms with E-state index in [1.165, 1.54) is 0 Å². The molecule has 0 saturated heterocycles. The van der Waals surface area contributed by atoms with Crippen molar-refractivity contribution in [3.05, 3.63) is 49.3 Å². The van der Waals surface area contributed by atoms with Gasteiger partial charge >= 0.3 is 0 Å². The predicted octanol–water partition coefficient (Wildman–Crippen LogP) is 2.08. The van der Waals surface area contributed by atoms with Gasteiger partial charge in [-0.25, -0.2) is 0 Å². The van der Waals surface area contributed by atoms with Crippen LogP contribution in [0.3, 0.4) is 0 Å². The van der Waals surface area contributed by atoms with E-state index < -0.39 is 6.04 Å². The van der Waals surface area contributed by atoms with Crippen LogP contribution in [0.1, 0.15) is 6.42 Å². The zero-order chi connectivity index (χ0) is 13.0. The number of rotatable bonds is 4. The third-order valence-corrected chi connectivity index (χ3v) is 2.70. The van der Waals surface area contributed by atoms with Gasteiger partial charge in [-0.3, -0.25) is 9.78 Å². The Labute approximate surface area is 106 Å². The lowest BCUT2D eigenvalue weighted by Gasteiger charge is -2.12. The SMILES string of the molecule is C=CCC(N)C(=O)Nc1cccc2ccncc12. The lowest BCUT2D eigenvalue weighted by atomic mass is 10.1. The number of aromatic nitrogens is 1. The van der Waals surface area contributed by atoms with Gasteiger partial charge in [0.25, 0.3) is 0 Å². The van der Waals surface area contributed by atoms with E-state index in [1.807, 2.05) is 24.3 Å². The average molecular weight is 241 g/mol. The first-order valence-electron chi connectivity index (χ1n) is 5.72. The average Bonchev–Trinajstić information content (AvgIpc) is 2.39. The fourth-order valence-electron chi connectivity index (χ4n) is 1.73. The van der Waals surface area contributed by atoms with Gasteiger partial charge in [0, 0.05) is 17.8 Å². The van der Waals surface area contributed by atoms with Crippen LogP contribution < -0.4 is 11.1 Å². The fraction of sp³-hybridized carbons (Fsp3) is 0.143. The van der Waals surface area contributed by atoms with E-state index in [0.29, 0.717) is 6.42 Å². The predicted molar refractivity (Wildman–Crippen MR) is 73.2 cm³/mol. The fourth-order valence-corrected chi connectivity index (χ4v) is 1.73. The highest BCUT2D eigenvalue weighted by atomic mass is 16.2. The third-order valence-electron chi connectivity index (χ3n) is 2.70. The summed E-state index contributed by atoms with van der Waals surface area (Å²) in [4.78, 5) is 15.9. The van der Waals surface area contributed by atoms with E-state index in [9.17, 15) is 4.79 Å². The Morgan fingerprint density at radius 1 is 1.50 bits per heavy atom. The molecule has 92 valence electrons. The maximum Gasteiger partial charge on any atom is 0.241 e. The number of fused-ring (bicyclic) bond motifs is 1. The van der Waals surface area contributed by atoms with Crippen LogP contribution in [0.15, 0.2) is 49.3 Å². The molecule has 1 aromatic heterocycles. The van der Waals surface area contributed by atoms with Crippen LogP contribution in [-0.2, 0) is 4.79 Å². The number of hydrogen-bond donors (Lipinski definition) is 2. The summed E-state index contributed by atoms with van der Waals surface area (Å²) in [6, 6.07) is 7.01. The number of nitrogens with one attached hydrogen (secondary N) is 1. The van der Waals surface area contributed by atoms with Crippen molar-refractivity contribution in [2.75, 3.05) is 5.32 Å². The minimum Gasteiger partial charge on any atom is -0.324 e. The first-order chi connectivity index (χ1) is 8.72. The van der Waals surface area contributed by atoms with Gasteiger partial charge < -0.3 is 11.1 Å². The molecule has 0 aliphatic carbocycles. The molecule has 2 rings (SSSR count). The van der Waals surface area contributed by atoms with Gasteiger partial charge in [-0.05, 0) is 23.9 Å². The molecule has 0 radical (unpaired) electrons. The number of pyridine rings is 1. The number of carbonyl (C=O) groups excluding carboxylic acids is 1. The Morgan fingerprint density at radius 2 is 2.33 bits per heavy atom. The minimum absolute atomic E-state index is 0.216. The molecular weight excluding hydrogens is 226 g/mol. The summed E-state index contributed by atoms with van der Waals surface area (Å²) in [7, 11) is 0. The second kappa shape index (κ2) is 5.42. The molecule has 2 aromatic rings. The summed E-state index contributed by atoms with van der Waals surface area (Å²) >= 11 is 0. The zero-order valence-electron chi connectivity index (χ0n) is 9.97. The Morgan fingerprint density at radius 3 is 3.11 bits per heavy atom. The van der Waals surface area contributed by atoms with E-state index in [2.05, 4.69) is 16.9 Å². The molecule has 4 heteroatoms. The van der Waals surface area contributed by atoms with Crippen molar-refractivity contribution >= 4 is 22.4 Å². The van der Waals surface area contributed by atoms with Gasteiger partial charge in [-0.1, -0.05) is 18.2 Å². The summed E-state index contributed by atoms with van der Waals surface area (Å²) in [5.41, 5.74) is 6.45. The topological polar surface area (TPSA) is 68.0 Å². The van der Waals surface area contributed by atoms with Gasteiger partial charge in [0.15, 0.2) is 0 Å². The Bertz CT molecular complexity index is 575. The molecule has 18 heavy (non-hydrogen) atoms. The molecule has 0 saturated carbocycles. The lowest BCUT2D eigenvalue weighted by Crippen LogP contribution is -2.35. The number of amides is 1. The molecule has 4 nitrogen and oxygen atoms in total. The van der Waals surface area contributed by atoms with Crippen LogP contribution in [0.4, 0.5) is 5.69 Å². The molecule has 0 aliphatic rings. The van der Waals surface area contributed by atoms with Crippen LogP contribution in [0.25, 0.3) is 10.8 Å². The van der Waals surface area contributed by atoms with Crippen molar-refractivity contribution in [2.24, 2.45) is 5.73 Å². The van der Waals surface area contributed by atoms with E-state index in [1.54, 1.807) is 18.5 Å². The molecule has 1 atom stereocenters. The number of benzene rings is 1. The van der Waals surface area contributed by atoms with Crippen molar-refractivity contribution in [3.63, 3.8) is 0 Å². The summed E-state index contributed by atoms with van der Waals surface area (Å²) in [6.45, 7) is 3.57. The first-order valence-corrected chi connectivity index (χ1v) is 5.72. The van der Waals surface area contributed by atoms with Gasteiger partial charge in [-0.2, -0.15) is 0 Å². The maximum absolute atomic E-state index is 11.8. The largest absolute Gasteiger partial charge is 0.324 e. The smallest absolute Gasteiger partial charge is 0.241 e. The molecule has 1 amide bonds. The molecule has 1 heterocycles. The monoisotopic (exact) mass is 241 g/mol. The third kappa shape index (κ3) is 2.55. The number of carbonyl (C=O) groups is 1. The molecular formula is C14H15N3O. The number of nitrogens with zero attached hydrogens (tertiary/aromatic N) is 1. The molecule has 1 unspecified atom stereocenters. The van der Waals surface area contributed by atoms with E-state index in [0.717, 1.165) is 16.5 Å². The van der Waals surface area contributed by atoms with Crippen molar-refractivity contribution in [3.8, 4) is 0 Å². The summed E-state index contributed by atoms with van der Waals surface area (Å²) < 4.78 is 0. The Balaban J connectivity index is 2.26. The van der Waals surface area contributed by atoms with Gasteiger partial charge in [0.2, 0.25) is 5.91 Å². The standard InChI is InChI=1S/C14H15N3O/c1-2-4-12(15)14(18)17-13-6-3-5-10-7-8-16-9-11(10)13/h2-3,5-9,12H,1,4,15H2,(H,17,18). The first kappa shape index (κ1) is 12.3. The van der Waals surface area contributed by atoms with E-state index >= 15 is 0 Å². The highest BCUT2D eigenvalue weighted by molar-refractivity contribution is 6.03. The summed E-state index contributed by atoms with van der Waals surface area (Å²) in [6.07, 6.45) is 5.53. The lowest BCUT2D eigenvalue weighted by molar-refractivity contribution is -0.117. The van der Waals surface area contributed by atoms with Crippen molar-refractivity contribution in [1.29, 1.82) is 0 Å². The molecule has 3 N–H and O–H groups in total. The summed E-state index contributed by atoms with van der Waals surface area (Å²) in [5.74, 6) is -0.216. The maximum atomic E-state index is 11.8. The van der Waals surface area contributed by atoms with Crippen LogP contribution in [0.5, 0.6) is 0 Å². The van der Waals surface area contributed by atoms with Gasteiger partial charge in [-0.15, -0.1) is 6.58 Å². The quantitative estimate of drug-likeness (QED) is 0.805. The molecule has 0 bridgehead atoms. The Hall–Kier alpha value is -2.20. The summed E-state index contributed by atoms with van der Waals surface area (Å²) in [5, 5.41) is 4.75. The van der Waals surface area contributed by atoms with Crippen LogP contribution >= 0.6 is 0 Å². The second-order valence-corrected chi connectivity index (χ2v) is 4.02. The van der Waals surface area contributed by atoms with Crippen LogP contribution in [0, 0.1) is 0 Å². The normalized spacial score (nSPS) is 12.1. The Kier molecular flexibility index (Phi) is 3.69. The van der Waals surface area contributed by atoms with Crippen molar-refractivity contribution < 1.29 is 4.79 Å². The van der Waals surface area contributed by atoms with E-state index in [4.69, 9.17) is 5.73 Å². The van der Waals surface area contributed by atoms with Crippen LogP contribution in [-0.4, -0.2) is 16.9 Å². The van der Waals surface area contributed by atoms with Crippen LogP contribution in [0.2, 0.25) is 0 Å². The molecule has 1 aromatic carbocycles. The minimum atomic E-state index is -0.575. The van der Waals surface area contributed by atoms with Gasteiger partial charge in [0.1, 0.15) is 0 Å². The second-order valence-electron chi connectivity index (χ2n) is 4.02. The number of anilines is 1. The highest BCUT2D eigenvalue weighted by Gasteiger charge is 2.12. The highest BCUT2D eigenvalue weighted by Crippen LogP contribution is 2.22. The number of nitrogens with two attached hydrogens (primary N) is 1. The van der Waals surface area contributed by atoms with Crippen molar-refractivity contribution in [2.45, 2.75) is 12.5 Å². The molecule has 0 aliphatic heterocycles. The molecule has 0 fully saturated rings. The van der Waals surface area contributed by atoms with E-state index in [-0.39, 0.29) is 5.91 Å².